The Bertz CT molecular complexity index is 354. The van der Waals surface area contributed by atoms with E-state index in [0.29, 0.717) is 0 Å². The number of para-hydroxylation sites is 1. The largest absolute Gasteiger partial charge is 0.497 e. The highest BCUT2D eigenvalue weighted by molar-refractivity contribution is 5.20. The number of hydrogen-bond donors (Lipinski definition) is 0. The van der Waals surface area contributed by atoms with E-state index in [2.05, 4.69) is 19.1 Å². The van der Waals surface area contributed by atoms with Gasteiger partial charge in [-0.2, -0.15) is 0 Å². The van der Waals surface area contributed by atoms with Crippen molar-refractivity contribution in [2.45, 2.75) is 62.3 Å². The summed E-state index contributed by atoms with van der Waals surface area (Å²) in [5.41, 5.74) is 1.32. The first kappa shape index (κ1) is 29.3. The zero-order chi connectivity index (χ0) is 18.9. The van der Waals surface area contributed by atoms with Crippen LogP contribution in [0.4, 0.5) is 0 Å². The van der Waals surface area contributed by atoms with Crippen LogP contribution in [-0.2, 0) is 0 Å². The molecule has 0 bridgehead atoms. The molecule has 0 unspecified atom stereocenters. The SMILES string of the molecule is CC.CC.CC.CC.COc1ccccc1.Cc1ccccc1. The van der Waals surface area contributed by atoms with Crippen LogP contribution in [0.5, 0.6) is 5.75 Å². The first-order chi connectivity index (χ1) is 11.3. The van der Waals surface area contributed by atoms with Crippen molar-refractivity contribution in [1.29, 1.82) is 0 Å². The second-order valence-electron chi connectivity index (χ2n) is 3.17. The highest BCUT2D eigenvalue weighted by atomic mass is 16.5. The van der Waals surface area contributed by atoms with Crippen molar-refractivity contribution < 1.29 is 4.74 Å². The second-order valence-corrected chi connectivity index (χ2v) is 3.17. The summed E-state index contributed by atoms with van der Waals surface area (Å²) in [5, 5.41) is 0. The molecule has 0 saturated carbocycles. The number of hydrogen-bond acceptors (Lipinski definition) is 1. The third-order valence-electron chi connectivity index (χ3n) is 1.92. The van der Waals surface area contributed by atoms with Gasteiger partial charge in [0.05, 0.1) is 7.11 Å². The Hall–Kier alpha value is -1.76. The lowest BCUT2D eigenvalue weighted by Crippen LogP contribution is -1.78. The van der Waals surface area contributed by atoms with Crippen LogP contribution in [-0.4, -0.2) is 7.11 Å². The molecule has 0 aliphatic rings. The van der Waals surface area contributed by atoms with E-state index in [-0.39, 0.29) is 0 Å². The maximum atomic E-state index is 4.91. The molecule has 2 aromatic rings. The number of methoxy groups -OCH3 is 1. The summed E-state index contributed by atoms with van der Waals surface area (Å²) in [4.78, 5) is 0. The van der Waals surface area contributed by atoms with Crippen molar-refractivity contribution in [2.75, 3.05) is 7.11 Å². The van der Waals surface area contributed by atoms with Gasteiger partial charge in [0.1, 0.15) is 5.75 Å². The van der Waals surface area contributed by atoms with Gasteiger partial charge < -0.3 is 4.74 Å². The Balaban J connectivity index is -0.000000110. The summed E-state index contributed by atoms with van der Waals surface area (Å²) < 4.78 is 4.91. The Morgan fingerprint density at radius 3 is 1.00 bits per heavy atom. The van der Waals surface area contributed by atoms with Gasteiger partial charge in [-0.1, -0.05) is 109 Å². The van der Waals surface area contributed by atoms with Crippen molar-refractivity contribution >= 4 is 0 Å². The minimum absolute atomic E-state index is 0.910. The predicted octanol–water partition coefficient (Wildman–Crippen LogP) is 7.80. The van der Waals surface area contributed by atoms with E-state index in [1.54, 1.807) is 7.11 Å². The monoisotopic (exact) mass is 320 g/mol. The normalized spacial score (nSPS) is 6.70. The van der Waals surface area contributed by atoms with Gasteiger partial charge in [0.25, 0.3) is 0 Å². The van der Waals surface area contributed by atoms with E-state index in [1.165, 1.54) is 5.56 Å². The number of ether oxygens (including phenoxy) is 1. The van der Waals surface area contributed by atoms with Crippen LogP contribution in [0.25, 0.3) is 0 Å². The molecule has 0 amide bonds. The number of aryl methyl sites for hydroxylation is 1. The molecule has 0 spiro atoms. The van der Waals surface area contributed by atoms with Gasteiger partial charge >= 0.3 is 0 Å². The maximum Gasteiger partial charge on any atom is 0.118 e. The lowest BCUT2D eigenvalue weighted by molar-refractivity contribution is 0.415. The topological polar surface area (TPSA) is 9.23 Å². The van der Waals surface area contributed by atoms with Crippen LogP contribution in [0.1, 0.15) is 61.0 Å². The Labute approximate surface area is 146 Å². The average Bonchev–Trinajstić information content (AvgIpc) is 2.70. The van der Waals surface area contributed by atoms with Crippen molar-refractivity contribution in [3.05, 3.63) is 66.2 Å². The van der Waals surface area contributed by atoms with E-state index in [9.17, 15) is 0 Å². The van der Waals surface area contributed by atoms with Gasteiger partial charge in [0, 0.05) is 0 Å². The fourth-order valence-electron chi connectivity index (χ4n) is 1.09. The zero-order valence-corrected chi connectivity index (χ0v) is 17.2. The molecule has 0 heterocycles. The van der Waals surface area contributed by atoms with Crippen LogP contribution < -0.4 is 4.74 Å². The van der Waals surface area contributed by atoms with Crippen molar-refractivity contribution in [3.8, 4) is 5.75 Å². The molecular formula is C22H40O. The van der Waals surface area contributed by atoms with Crippen LogP contribution >= 0.6 is 0 Å². The minimum atomic E-state index is 0.910. The third-order valence-corrected chi connectivity index (χ3v) is 1.92. The van der Waals surface area contributed by atoms with Gasteiger partial charge in [-0.15, -0.1) is 0 Å². The summed E-state index contributed by atoms with van der Waals surface area (Å²) in [5.74, 6) is 0.910. The van der Waals surface area contributed by atoms with E-state index in [4.69, 9.17) is 4.74 Å². The molecule has 2 rings (SSSR count). The lowest BCUT2D eigenvalue weighted by Gasteiger charge is -1.93. The van der Waals surface area contributed by atoms with Gasteiger partial charge in [-0.3, -0.25) is 0 Å². The molecule has 1 nitrogen and oxygen atoms in total. The zero-order valence-electron chi connectivity index (χ0n) is 17.2. The summed E-state index contributed by atoms with van der Waals surface area (Å²) in [6.45, 7) is 18.1. The van der Waals surface area contributed by atoms with Crippen LogP contribution in [0, 0.1) is 6.92 Å². The lowest BCUT2D eigenvalue weighted by atomic mass is 10.2. The Kier molecular flexibility index (Phi) is 41.1. The molecule has 0 atom stereocenters. The second kappa shape index (κ2) is 32.3. The number of rotatable bonds is 1. The van der Waals surface area contributed by atoms with Gasteiger partial charge in [0.15, 0.2) is 0 Å². The molecule has 0 fully saturated rings. The van der Waals surface area contributed by atoms with Gasteiger partial charge in [0.2, 0.25) is 0 Å². The average molecular weight is 321 g/mol. The molecule has 0 saturated heterocycles. The fourth-order valence-corrected chi connectivity index (χ4v) is 1.09. The standard InChI is InChI=1S/C7H8O.C7H8.4C2H6/c1-8-7-5-3-2-4-6-7;1-7-5-3-2-4-6-7;4*1-2/h2-6H,1H3;2-6H,1H3;4*1-2H3. The van der Waals surface area contributed by atoms with Gasteiger partial charge in [-0.25, -0.2) is 0 Å². The highest BCUT2D eigenvalue weighted by Gasteiger charge is 1.80. The smallest absolute Gasteiger partial charge is 0.118 e. The highest BCUT2D eigenvalue weighted by Crippen LogP contribution is 2.05. The molecule has 0 radical (unpaired) electrons. The predicted molar refractivity (Wildman–Crippen MR) is 110 cm³/mol. The molecule has 2 aromatic carbocycles. The maximum absolute atomic E-state index is 4.91. The van der Waals surface area contributed by atoms with Crippen molar-refractivity contribution in [1.82, 2.24) is 0 Å². The van der Waals surface area contributed by atoms with E-state index in [0.717, 1.165) is 5.75 Å². The van der Waals surface area contributed by atoms with Crippen LogP contribution in [0.3, 0.4) is 0 Å². The molecule has 134 valence electrons. The molecular weight excluding hydrogens is 280 g/mol. The number of benzene rings is 2. The molecule has 0 aromatic heterocycles. The Morgan fingerprint density at radius 1 is 0.522 bits per heavy atom. The Morgan fingerprint density at radius 2 is 0.826 bits per heavy atom. The van der Waals surface area contributed by atoms with Crippen LogP contribution in [0.2, 0.25) is 0 Å². The fraction of sp³-hybridized carbons (Fsp3) is 0.455. The first-order valence-corrected chi connectivity index (χ1v) is 8.93. The molecule has 23 heavy (non-hydrogen) atoms. The van der Waals surface area contributed by atoms with E-state index >= 15 is 0 Å². The minimum Gasteiger partial charge on any atom is -0.497 e. The molecule has 0 N–H and O–H groups in total. The molecule has 1 heteroatoms. The van der Waals surface area contributed by atoms with E-state index in [1.807, 2.05) is 104 Å². The summed E-state index contributed by atoms with van der Waals surface area (Å²) in [6, 6.07) is 19.9. The van der Waals surface area contributed by atoms with E-state index < -0.39 is 0 Å². The molecule has 0 aliphatic heterocycles. The van der Waals surface area contributed by atoms with Gasteiger partial charge in [-0.05, 0) is 19.1 Å². The van der Waals surface area contributed by atoms with Crippen LogP contribution in [0.15, 0.2) is 60.7 Å². The summed E-state index contributed by atoms with van der Waals surface area (Å²) >= 11 is 0. The first-order valence-electron chi connectivity index (χ1n) is 8.93. The molecule has 0 aliphatic carbocycles. The summed E-state index contributed by atoms with van der Waals surface area (Å²) in [7, 11) is 1.66. The summed E-state index contributed by atoms with van der Waals surface area (Å²) in [6.07, 6.45) is 0. The quantitative estimate of drug-likeness (QED) is 0.521. The third kappa shape index (κ3) is 25.5. The van der Waals surface area contributed by atoms with Crippen molar-refractivity contribution in [2.24, 2.45) is 0 Å². The van der Waals surface area contributed by atoms with Crippen molar-refractivity contribution in [3.63, 3.8) is 0 Å².